The van der Waals surface area contributed by atoms with Crippen molar-refractivity contribution in [1.29, 1.82) is 0 Å². The van der Waals surface area contributed by atoms with Crippen molar-refractivity contribution in [2.75, 3.05) is 20.7 Å². The summed E-state index contributed by atoms with van der Waals surface area (Å²) in [7, 11) is 3.70. The van der Waals surface area contributed by atoms with Crippen LogP contribution < -0.4 is 4.74 Å². The molecule has 1 aliphatic heterocycles. The van der Waals surface area contributed by atoms with Gasteiger partial charge < -0.3 is 14.7 Å². The maximum absolute atomic E-state index is 10.9. The molecule has 1 saturated heterocycles. The van der Waals surface area contributed by atoms with Gasteiger partial charge in [-0.1, -0.05) is 11.6 Å². The number of hydrogen-bond acceptors (Lipinski definition) is 3. The summed E-state index contributed by atoms with van der Waals surface area (Å²) in [4.78, 5) is 2.26. The first-order valence-electron chi connectivity index (χ1n) is 6.23. The standard InChI is InChI=1S/C14H20ClNO2/c1-10-9-14(17,6-7-16(10)2)12-8-11(15)4-5-13(12)18-3/h4-5,8,10,17H,6-7,9H2,1-3H3. The lowest BCUT2D eigenvalue weighted by molar-refractivity contribution is -0.0422. The summed E-state index contributed by atoms with van der Waals surface area (Å²) in [6.45, 7) is 2.99. The minimum Gasteiger partial charge on any atom is -0.496 e. The highest BCUT2D eigenvalue weighted by atomic mass is 35.5. The molecule has 1 N–H and O–H groups in total. The second-order valence-electron chi connectivity index (χ2n) is 5.16. The first-order valence-corrected chi connectivity index (χ1v) is 6.61. The summed E-state index contributed by atoms with van der Waals surface area (Å²) in [5.74, 6) is 0.707. The van der Waals surface area contributed by atoms with Crippen LogP contribution in [0.4, 0.5) is 0 Å². The molecule has 1 fully saturated rings. The van der Waals surface area contributed by atoms with Crippen molar-refractivity contribution in [2.24, 2.45) is 0 Å². The van der Waals surface area contributed by atoms with Gasteiger partial charge in [0.25, 0.3) is 0 Å². The van der Waals surface area contributed by atoms with Gasteiger partial charge in [0.15, 0.2) is 0 Å². The SMILES string of the molecule is COc1ccc(Cl)cc1C1(O)CCN(C)C(C)C1. The fourth-order valence-electron chi connectivity index (χ4n) is 2.62. The van der Waals surface area contributed by atoms with Crippen molar-refractivity contribution in [3.8, 4) is 5.75 Å². The number of nitrogens with zero attached hydrogens (tertiary/aromatic N) is 1. The van der Waals surface area contributed by atoms with Gasteiger partial charge in [0.2, 0.25) is 0 Å². The van der Waals surface area contributed by atoms with Crippen LogP contribution in [0.15, 0.2) is 18.2 Å². The van der Waals surface area contributed by atoms with E-state index >= 15 is 0 Å². The number of aliphatic hydroxyl groups is 1. The molecule has 18 heavy (non-hydrogen) atoms. The van der Waals surface area contributed by atoms with E-state index in [1.54, 1.807) is 13.2 Å². The molecule has 100 valence electrons. The molecule has 0 amide bonds. The lowest BCUT2D eigenvalue weighted by Gasteiger charge is -2.41. The molecule has 2 atom stereocenters. The molecule has 4 heteroatoms. The monoisotopic (exact) mass is 269 g/mol. The van der Waals surface area contributed by atoms with Gasteiger partial charge in [0.1, 0.15) is 5.75 Å². The van der Waals surface area contributed by atoms with Gasteiger partial charge in [-0.2, -0.15) is 0 Å². The summed E-state index contributed by atoms with van der Waals surface area (Å²) in [6.07, 6.45) is 1.39. The van der Waals surface area contributed by atoms with Crippen LogP contribution in [0.25, 0.3) is 0 Å². The largest absolute Gasteiger partial charge is 0.496 e. The van der Waals surface area contributed by atoms with Crippen LogP contribution >= 0.6 is 11.6 Å². The van der Waals surface area contributed by atoms with E-state index in [4.69, 9.17) is 16.3 Å². The molecule has 2 rings (SSSR count). The summed E-state index contributed by atoms with van der Waals surface area (Å²) in [5.41, 5.74) is -0.0419. The number of ether oxygens (including phenoxy) is 1. The molecule has 1 aromatic carbocycles. The van der Waals surface area contributed by atoms with E-state index in [0.717, 1.165) is 12.1 Å². The zero-order chi connectivity index (χ0) is 13.3. The molecular formula is C14H20ClNO2. The van der Waals surface area contributed by atoms with Gasteiger partial charge in [-0.05, 0) is 45.0 Å². The third-order valence-corrected chi connectivity index (χ3v) is 4.16. The Kier molecular flexibility index (Phi) is 3.85. The Morgan fingerprint density at radius 2 is 2.22 bits per heavy atom. The van der Waals surface area contributed by atoms with Crippen LogP contribution in [0.3, 0.4) is 0 Å². The number of halogens is 1. The lowest BCUT2D eigenvalue weighted by atomic mass is 9.81. The highest BCUT2D eigenvalue weighted by molar-refractivity contribution is 6.30. The van der Waals surface area contributed by atoms with Gasteiger partial charge in [-0.25, -0.2) is 0 Å². The highest BCUT2D eigenvalue weighted by Gasteiger charge is 2.38. The second kappa shape index (κ2) is 5.08. The zero-order valence-corrected chi connectivity index (χ0v) is 11.9. The van der Waals surface area contributed by atoms with E-state index in [9.17, 15) is 5.11 Å². The molecule has 3 nitrogen and oxygen atoms in total. The molecule has 0 aromatic heterocycles. The Hall–Kier alpha value is -0.770. The summed E-state index contributed by atoms with van der Waals surface area (Å²) in [6, 6.07) is 5.76. The van der Waals surface area contributed by atoms with Crippen LogP contribution in [0, 0.1) is 0 Å². The number of hydrogen-bond donors (Lipinski definition) is 1. The Morgan fingerprint density at radius 3 is 2.83 bits per heavy atom. The summed E-state index contributed by atoms with van der Waals surface area (Å²) >= 11 is 6.04. The minimum atomic E-state index is -0.845. The van der Waals surface area contributed by atoms with E-state index in [2.05, 4.69) is 18.9 Å². The van der Waals surface area contributed by atoms with Crippen LogP contribution in [-0.4, -0.2) is 36.8 Å². The number of piperidine rings is 1. The molecule has 1 aromatic rings. The Bertz CT molecular complexity index is 438. The van der Waals surface area contributed by atoms with E-state index in [0.29, 0.717) is 29.7 Å². The van der Waals surface area contributed by atoms with Crippen molar-refractivity contribution >= 4 is 11.6 Å². The predicted octanol–water partition coefficient (Wildman–Crippen LogP) is 2.65. The minimum absolute atomic E-state index is 0.340. The Morgan fingerprint density at radius 1 is 1.50 bits per heavy atom. The van der Waals surface area contributed by atoms with Crippen molar-refractivity contribution < 1.29 is 9.84 Å². The molecule has 0 spiro atoms. The highest BCUT2D eigenvalue weighted by Crippen LogP contribution is 2.40. The average Bonchev–Trinajstić information content (AvgIpc) is 2.34. The number of rotatable bonds is 2. The van der Waals surface area contributed by atoms with Crippen molar-refractivity contribution in [3.63, 3.8) is 0 Å². The molecule has 0 aliphatic carbocycles. The first kappa shape index (κ1) is 13.7. The molecule has 1 aliphatic rings. The van der Waals surface area contributed by atoms with E-state index in [1.807, 2.05) is 12.1 Å². The number of benzene rings is 1. The van der Waals surface area contributed by atoms with Crippen molar-refractivity contribution in [2.45, 2.75) is 31.4 Å². The Labute approximate surface area is 113 Å². The molecule has 0 saturated carbocycles. The van der Waals surface area contributed by atoms with Crippen molar-refractivity contribution in [1.82, 2.24) is 4.90 Å². The average molecular weight is 270 g/mol. The second-order valence-corrected chi connectivity index (χ2v) is 5.60. The van der Waals surface area contributed by atoms with E-state index < -0.39 is 5.60 Å². The predicted molar refractivity (Wildman–Crippen MR) is 73.2 cm³/mol. The van der Waals surface area contributed by atoms with Crippen LogP contribution in [0.2, 0.25) is 5.02 Å². The van der Waals surface area contributed by atoms with Gasteiger partial charge in [-0.3, -0.25) is 0 Å². The van der Waals surface area contributed by atoms with Gasteiger partial charge in [0.05, 0.1) is 12.7 Å². The fraction of sp³-hybridized carbons (Fsp3) is 0.571. The van der Waals surface area contributed by atoms with Crippen LogP contribution in [0.5, 0.6) is 5.75 Å². The van der Waals surface area contributed by atoms with Gasteiger partial charge in [-0.15, -0.1) is 0 Å². The van der Waals surface area contributed by atoms with E-state index in [-0.39, 0.29) is 0 Å². The van der Waals surface area contributed by atoms with Crippen LogP contribution in [0.1, 0.15) is 25.3 Å². The smallest absolute Gasteiger partial charge is 0.125 e. The van der Waals surface area contributed by atoms with Crippen LogP contribution in [-0.2, 0) is 5.60 Å². The number of likely N-dealkylation sites (tertiary alicyclic amines) is 1. The lowest BCUT2D eigenvalue weighted by Crippen LogP contribution is -2.46. The maximum atomic E-state index is 10.9. The van der Waals surface area contributed by atoms with Gasteiger partial charge >= 0.3 is 0 Å². The Balaban J connectivity index is 2.37. The first-order chi connectivity index (χ1) is 8.46. The molecule has 0 bridgehead atoms. The molecule has 1 heterocycles. The molecular weight excluding hydrogens is 250 g/mol. The topological polar surface area (TPSA) is 32.7 Å². The summed E-state index contributed by atoms with van der Waals surface area (Å²) < 4.78 is 5.35. The fourth-order valence-corrected chi connectivity index (χ4v) is 2.79. The normalized spacial score (nSPS) is 29.3. The van der Waals surface area contributed by atoms with E-state index in [1.165, 1.54) is 0 Å². The zero-order valence-electron chi connectivity index (χ0n) is 11.1. The van der Waals surface area contributed by atoms with Crippen molar-refractivity contribution in [3.05, 3.63) is 28.8 Å². The maximum Gasteiger partial charge on any atom is 0.125 e. The third kappa shape index (κ3) is 2.48. The third-order valence-electron chi connectivity index (χ3n) is 3.93. The molecule has 0 radical (unpaired) electrons. The quantitative estimate of drug-likeness (QED) is 0.896. The molecule has 2 unspecified atom stereocenters. The number of methoxy groups -OCH3 is 1. The van der Waals surface area contributed by atoms with Gasteiger partial charge in [0, 0.05) is 23.2 Å². The summed E-state index contributed by atoms with van der Waals surface area (Å²) in [5, 5.41) is 11.5.